The molecule has 0 saturated carbocycles. The number of nitrogens with two attached hydrogens (primary N) is 1. The van der Waals surface area contributed by atoms with Crippen LogP contribution in [0.4, 0.5) is 24.0 Å². The average molecular weight is 1850 g/mol. The largest absolute Gasteiger partial charge is 1.00 e. The molecule has 6 aliphatic rings. The topological polar surface area (TPSA) is 328 Å². The van der Waals surface area contributed by atoms with Crippen molar-refractivity contribution in [2.24, 2.45) is 22.6 Å². The molecule has 0 radical (unpaired) electrons. The normalized spacial score (nSPS) is 20.9. The van der Waals surface area contributed by atoms with Crippen LogP contribution in [0.2, 0.25) is 19.6 Å². The second-order valence-electron chi connectivity index (χ2n) is 38.6. The Kier molecular flexibility index (Phi) is 43.2. The first-order valence-corrected chi connectivity index (χ1v) is 46.8. The summed E-state index contributed by atoms with van der Waals surface area (Å²) in [6.45, 7) is 40.9. The fraction of sp³-hybridized carbons (Fsp3) is 0.515. The number of nitrogens with one attached hydrogen (secondary N) is 4. The number of fused-ring (bicyclic) bond motifs is 1. The van der Waals surface area contributed by atoms with Gasteiger partial charge in [-0.05, 0) is 278 Å². The van der Waals surface area contributed by atoms with Gasteiger partial charge in [-0.25, -0.2) is 33.8 Å². The van der Waals surface area contributed by atoms with Crippen molar-refractivity contribution in [3.8, 4) is 0 Å². The number of allylic oxidation sites excluding steroid dienone is 2. The third kappa shape index (κ3) is 39.7. The van der Waals surface area contributed by atoms with Crippen LogP contribution >= 0.6 is 15.9 Å². The number of carboxylic acids is 1. The molecule has 1 aliphatic heterocycles. The van der Waals surface area contributed by atoms with E-state index in [9.17, 15) is 48.3 Å². The zero-order chi connectivity index (χ0) is 92.6. The number of carbonyl (C=O) groups excluding carboxylic acids is 7. The zero-order valence-electron chi connectivity index (χ0n) is 78.4. The fourth-order valence-corrected chi connectivity index (χ4v) is 15.0. The Labute approximate surface area is 801 Å². The van der Waals surface area contributed by atoms with Crippen molar-refractivity contribution in [3.05, 3.63) is 206 Å². The van der Waals surface area contributed by atoms with Crippen LogP contribution in [-0.2, 0) is 42.8 Å². The number of ether oxygens (including phenoxy) is 6. The van der Waals surface area contributed by atoms with Gasteiger partial charge in [0.1, 0.15) is 28.0 Å². The first kappa shape index (κ1) is 110. The average Bonchev–Trinajstić information content (AvgIpc) is 0.811. The van der Waals surface area contributed by atoms with Crippen molar-refractivity contribution in [3.63, 3.8) is 0 Å². The summed E-state index contributed by atoms with van der Waals surface area (Å²) in [6, 6.07) is 40.0. The number of cyclic esters (lactones) is 1. The second kappa shape index (κ2) is 49.5. The van der Waals surface area contributed by atoms with Gasteiger partial charge in [-0.3, -0.25) is 14.5 Å². The maximum Gasteiger partial charge on any atom is 1.00 e. The number of halogens is 1. The van der Waals surface area contributed by atoms with Crippen LogP contribution < -0.4 is 83.2 Å². The molecule has 126 heavy (non-hydrogen) atoms. The monoisotopic (exact) mass is 1840 g/mol. The summed E-state index contributed by atoms with van der Waals surface area (Å²) < 4.78 is 32.9. The molecule has 5 unspecified atom stereocenters. The van der Waals surface area contributed by atoms with Gasteiger partial charge in [0.15, 0.2) is 6.73 Å². The summed E-state index contributed by atoms with van der Waals surface area (Å²) in [4.78, 5) is 113. The van der Waals surface area contributed by atoms with Gasteiger partial charge in [0.2, 0.25) is 6.08 Å². The van der Waals surface area contributed by atoms with Crippen LogP contribution in [-0.4, -0.2) is 169 Å². The number of likely N-dealkylation sites (N-methyl/N-ethyl adjacent to an activating group) is 1. The molecule has 10 atom stereocenters. The van der Waals surface area contributed by atoms with Crippen LogP contribution in [0.1, 0.15) is 226 Å². The molecule has 5 amide bonds. The van der Waals surface area contributed by atoms with Gasteiger partial charge in [0.05, 0.1) is 42.0 Å². The van der Waals surface area contributed by atoms with Gasteiger partial charge in [-0.1, -0.05) is 213 Å². The molecule has 24 nitrogen and oxygen atoms in total. The summed E-state index contributed by atoms with van der Waals surface area (Å²) in [5, 5.41) is 21.0. The summed E-state index contributed by atoms with van der Waals surface area (Å²) in [6.07, 6.45) is 16.4. The Bertz CT molecular complexity index is 4600. The number of alkyl carbamates (subject to hydrolysis) is 4. The molecule has 0 spiro atoms. The maximum atomic E-state index is 12.5. The van der Waals surface area contributed by atoms with Gasteiger partial charge < -0.3 is 70.2 Å². The Hall–Kier alpha value is -8.32. The van der Waals surface area contributed by atoms with E-state index in [0.717, 1.165) is 69.1 Å². The van der Waals surface area contributed by atoms with E-state index >= 15 is 0 Å². The first-order valence-electron chi connectivity index (χ1n) is 42.6. The molecule has 5 aromatic rings. The standard InChI is InChI=1S/C20H30N2O2.C19H22BrNO4.C19H24N2O3.C19H25NO4.C18H26N2O2.C3H9OSi.CH4.K/c1-14-8-7-9-15(12-14)16-10-11-17(18(13-16)22(5)6)21-19(23)24-20(2,3)4;1-19(2,3)25-18(23)21-11-24-17(22)15-10-13(7-8-16(15)21)12-5-4-6-14(20)9-12;1-13-6-5-7-14(10-13)15-8-9-16(17(11-15)20-12-22)21-18(23)24-19(2,3)4;1-12-6-5-7-13(10-12)14-8-9-16(15(11-14)17(21)22)20-18(23)24-19(2,3)4;1-12-6-5-7-13(10-12)14-8-9-16(15(19)11-14)20-17(21)22-18(2,3)4;1-5(2,3)4;;/h7-10,12,17-18H,11,13H2,1-6H3,(H,21,23);4-7,9,15-16H,8,10-11H2,1-3H3;5-8,10,16-17H,9,11H2,1-4H3,(H,21,23);5-8,10,15-16H,9,11H2,1-4H3,(H,20,23)(H,21,22);5-8,10,15-16H,9,11,19H2,1-4H3,(H,20,21);1-3H3;1H4;/q;;;;;-1;;+1/t17?,18-;15-,16?;16?,17-;2*15-,16?;;;/m00000.../s1. The van der Waals surface area contributed by atoms with E-state index in [1.54, 1.807) is 46.5 Å². The number of benzene rings is 5. The molecule has 0 aromatic heterocycles. The molecule has 11 rings (SSSR count). The number of aliphatic imine (C=N–C) groups is 1. The fourth-order valence-electron chi connectivity index (χ4n) is 14.6. The Morgan fingerprint density at radius 2 is 0.841 bits per heavy atom. The molecule has 1 fully saturated rings. The van der Waals surface area contributed by atoms with Crippen LogP contribution in [0.25, 0.3) is 27.9 Å². The van der Waals surface area contributed by atoms with E-state index in [2.05, 4.69) is 154 Å². The van der Waals surface area contributed by atoms with Crippen molar-refractivity contribution in [2.75, 3.05) is 20.8 Å². The van der Waals surface area contributed by atoms with Gasteiger partial charge in [-0.2, -0.15) is 0 Å². The molecule has 7 N–H and O–H groups in total. The first-order chi connectivity index (χ1) is 57.6. The predicted molar refractivity (Wildman–Crippen MR) is 502 cm³/mol. The van der Waals surface area contributed by atoms with E-state index in [0.29, 0.717) is 38.5 Å². The van der Waals surface area contributed by atoms with E-state index in [1.165, 1.54) is 43.9 Å². The predicted octanol–water partition coefficient (Wildman–Crippen LogP) is 17.1. The number of esters is 1. The number of nitrogens with zero attached hydrogens (tertiary/aromatic N) is 3. The van der Waals surface area contributed by atoms with E-state index in [4.69, 9.17) is 34.2 Å². The number of isocyanates is 1. The number of aryl methyl sites for hydroxylation is 4. The number of rotatable bonds is 12. The van der Waals surface area contributed by atoms with Crippen LogP contribution in [0.15, 0.2) is 161 Å². The zero-order valence-corrected chi connectivity index (χ0v) is 84.1. The Balaban J connectivity index is 0.000000324. The molecular weight excluding hydrogens is 1700 g/mol. The van der Waals surface area contributed by atoms with E-state index in [-0.39, 0.29) is 126 Å². The van der Waals surface area contributed by atoms with Crippen LogP contribution in [0, 0.1) is 39.5 Å². The Morgan fingerprint density at radius 1 is 0.508 bits per heavy atom. The summed E-state index contributed by atoms with van der Waals surface area (Å²) in [5.74, 6) is -2.18. The van der Waals surface area contributed by atoms with Crippen LogP contribution in [0.3, 0.4) is 0 Å². The molecule has 1 saturated heterocycles. The minimum absolute atomic E-state index is 0. The minimum Gasteiger partial charge on any atom is -0.859 e. The molecule has 0 bridgehead atoms. The summed E-state index contributed by atoms with van der Waals surface area (Å²) in [5.41, 5.74) is 19.9. The van der Waals surface area contributed by atoms with Crippen molar-refractivity contribution >= 4 is 101 Å². The number of hydrogen-bond donors (Lipinski definition) is 6. The van der Waals surface area contributed by atoms with Crippen LogP contribution in [0.5, 0.6) is 0 Å². The SMILES string of the molecule is C.CC(C)(C)OC(=O)N1COC(=O)[C@H]2CC(c3cccc(Br)c3)=CCC21.C[Si](C)(C)[O-].Cc1cccc(C2=CCC(NC(=O)OC(C)(C)C)[C@@H](C(=O)O)C2)c1.Cc1cccc(C2=CCC(NC(=O)OC(C)(C)C)[C@@H](N(C)C)C2)c1.Cc1cccc(C2=CCC(NC(=O)OC(C)(C)C)[C@@H](N)C2)c1.Cc1cccc(C2=CCC(NC(=O)OC(C)(C)C)[C@@H](N=C=O)C2)c1.[K+]. The van der Waals surface area contributed by atoms with Gasteiger partial charge >= 0.3 is 93.8 Å². The quantitative estimate of drug-likeness (QED) is 0.0222. The van der Waals surface area contributed by atoms with E-state index in [1.807, 2.05) is 170 Å². The maximum absolute atomic E-state index is 12.5. The number of hydrogen-bond acceptors (Lipinski definition) is 18. The number of carbonyl (C=O) groups is 7. The third-order valence-corrected chi connectivity index (χ3v) is 20.6. The summed E-state index contributed by atoms with van der Waals surface area (Å²) >= 11 is 3.48. The minimum atomic E-state index is -1.86. The molecule has 27 heteroatoms. The number of aliphatic carboxylic acids is 1. The molecule has 1 heterocycles. The van der Waals surface area contributed by atoms with Gasteiger partial charge in [0.25, 0.3) is 0 Å². The molecule has 684 valence electrons. The summed E-state index contributed by atoms with van der Waals surface area (Å²) in [7, 11) is 2.27. The number of amides is 5. The van der Waals surface area contributed by atoms with E-state index < -0.39 is 78.6 Å². The smallest absolute Gasteiger partial charge is 0.859 e. The Morgan fingerprint density at radius 3 is 1.22 bits per heavy atom. The molecule has 5 aliphatic carbocycles. The van der Waals surface area contributed by atoms with Crippen molar-refractivity contribution in [1.82, 2.24) is 31.1 Å². The third-order valence-electron chi connectivity index (χ3n) is 20.1. The molecular formula is C99H140BrKN8O16Si. The number of carboxylic acid groups (broad SMARTS) is 1. The van der Waals surface area contributed by atoms with Crippen molar-refractivity contribution in [1.29, 1.82) is 0 Å². The molecule has 5 aromatic carbocycles. The van der Waals surface area contributed by atoms with Crippen molar-refractivity contribution < 1.29 is 128 Å². The van der Waals surface area contributed by atoms with Crippen molar-refractivity contribution in [2.45, 2.75) is 299 Å². The van der Waals surface area contributed by atoms with Gasteiger partial charge in [0, 0.05) is 22.6 Å². The van der Waals surface area contributed by atoms with Gasteiger partial charge in [-0.15, -0.1) is 0 Å². The second-order valence-corrected chi connectivity index (χ2v) is 43.7.